The van der Waals surface area contributed by atoms with Crippen LogP contribution in [0.15, 0.2) is 24.3 Å². The van der Waals surface area contributed by atoms with Crippen LogP contribution >= 0.6 is 0 Å². The van der Waals surface area contributed by atoms with Crippen LogP contribution in [0.1, 0.15) is 37.6 Å². The normalized spacial score (nSPS) is 12.9. The molecule has 112 valence electrons. The molecule has 1 aromatic carbocycles. The smallest absolute Gasteiger partial charge is 0.254 e. The highest BCUT2D eigenvalue weighted by Crippen LogP contribution is 2.24. The summed E-state index contributed by atoms with van der Waals surface area (Å²) in [6.45, 7) is 6.25. The molecule has 0 saturated heterocycles. The van der Waals surface area contributed by atoms with E-state index < -0.39 is 0 Å². The predicted octanol–water partition coefficient (Wildman–Crippen LogP) is 2.56. The molecule has 1 amide bonds. The van der Waals surface area contributed by atoms with E-state index in [1.54, 1.807) is 43.3 Å². The lowest BCUT2D eigenvalue weighted by molar-refractivity contribution is 0.0593. The van der Waals surface area contributed by atoms with E-state index >= 15 is 0 Å². The molecule has 4 nitrogen and oxygen atoms in total. The van der Waals surface area contributed by atoms with Crippen molar-refractivity contribution in [1.29, 1.82) is 0 Å². The Morgan fingerprint density at radius 3 is 2.55 bits per heavy atom. The first-order chi connectivity index (χ1) is 9.28. The summed E-state index contributed by atoms with van der Waals surface area (Å²) in [6.07, 6.45) is 0.746. The van der Waals surface area contributed by atoms with E-state index in [1.807, 2.05) is 0 Å². The van der Waals surface area contributed by atoms with E-state index in [4.69, 9.17) is 4.74 Å². The number of amides is 1. The molecule has 0 bridgehead atoms. The number of benzene rings is 1. The van der Waals surface area contributed by atoms with Crippen molar-refractivity contribution in [2.75, 3.05) is 20.8 Å². The molecule has 0 radical (unpaired) electrons. The van der Waals surface area contributed by atoms with Crippen molar-refractivity contribution in [1.82, 2.24) is 4.90 Å². The number of hydrogen-bond donors (Lipinski definition) is 1. The van der Waals surface area contributed by atoms with Gasteiger partial charge in [0.15, 0.2) is 0 Å². The summed E-state index contributed by atoms with van der Waals surface area (Å²) in [7, 11) is 3.30. The third-order valence-electron chi connectivity index (χ3n) is 3.24. The second-order valence-electron chi connectivity index (χ2n) is 6.25. The third-order valence-corrected chi connectivity index (χ3v) is 3.24. The van der Waals surface area contributed by atoms with Crippen LogP contribution < -0.4 is 4.74 Å². The Morgan fingerprint density at radius 1 is 1.40 bits per heavy atom. The minimum Gasteiger partial charge on any atom is -0.497 e. The first-order valence-corrected chi connectivity index (χ1v) is 6.80. The summed E-state index contributed by atoms with van der Waals surface area (Å²) in [6, 6.07) is 6.87. The zero-order chi connectivity index (χ0) is 15.3. The van der Waals surface area contributed by atoms with Gasteiger partial charge in [0.25, 0.3) is 5.91 Å². The fourth-order valence-electron chi connectivity index (χ4n) is 2.16. The molecule has 0 fully saturated rings. The van der Waals surface area contributed by atoms with Gasteiger partial charge in [-0.15, -0.1) is 0 Å². The van der Waals surface area contributed by atoms with Crippen molar-refractivity contribution in [3.8, 4) is 5.75 Å². The lowest BCUT2D eigenvalue weighted by atomic mass is 9.87. The lowest BCUT2D eigenvalue weighted by Crippen LogP contribution is -2.41. The summed E-state index contributed by atoms with van der Waals surface area (Å²) < 4.78 is 5.13. The second kappa shape index (κ2) is 6.75. The van der Waals surface area contributed by atoms with Gasteiger partial charge in [0.1, 0.15) is 5.75 Å². The van der Waals surface area contributed by atoms with E-state index in [0.717, 1.165) is 6.42 Å². The molecule has 0 aliphatic rings. The zero-order valence-corrected chi connectivity index (χ0v) is 13.0. The van der Waals surface area contributed by atoms with Crippen LogP contribution in [0.25, 0.3) is 0 Å². The predicted molar refractivity (Wildman–Crippen MR) is 80.0 cm³/mol. The van der Waals surface area contributed by atoms with Crippen molar-refractivity contribution in [2.24, 2.45) is 5.41 Å². The quantitative estimate of drug-likeness (QED) is 0.901. The number of rotatable bonds is 5. The number of carbonyl (C=O) groups excluding carboxylic acids is 1. The molecule has 1 aromatic rings. The fourth-order valence-corrected chi connectivity index (χ4v) is 2.16. The zero-order valence-electron chi connectivity index (χ0n) is 13.0. The number of ether oxygens (including phenoxy) is 1. The monoisotopic (exact) mass is 279 g/mol. The Labute approximate surface area is 121 Å². The van der Waals surface area contributed by atoms with Crippen molar-refractivity contribution in [2.45, 2.75) is 33.2 Å². The van der Waals surface area contributed by atoms with E-state index in [1.165, 1.54) is 0 Å². The minimum atomic E-state index is -0.186. The molecule has 1 atom stereocenters. The molecule has 20 heavy (non-hydrogen) atoms. The van der Waals surface area contributed by atoms with Gasteiger partial charge < -0.3 is 14.7 Å². The first-order valence-electron chi connectivity index (χ1n) is 6.80. The Hall–Kier alpha value is -1.55. The number of carbonyl (C=O) groups is 1. The average molecular weight is 279 g/mol. The molecule has 1 N–H and O–H groups in total. The summed E-state index contributed by atoms with van der Waals surface area (Å²) in [5.41, 5.74) is 0.621. The largest absolute Gasteiger partial charge is 0.497 e. The van der Waals surface area contributed by atoms with E-state index in [0.29, 0.717) is 11.3 Å². The van der Waals surface area contributed by atoms with Gasteiger partial charge in [0.05, 0.1) is 19.8 Å². The Kier molecular flexibility index (Phi) is 5.57. The van der Waals surface area contributed by atoms with Crippen LogP contribution in [0.3, 0.4) is 0 Å². The summed E-state index contributed by atoms with van der Waals surface area (Å²) in [5.74, 6) is 0.549. The van der Waals surface area contributed by atoms with Gasteiger partial charge in [-0.3, -0.25) is 4.79 Å². The maximum Gasteiger partial charge on any atom is 0.254 e. The van der Waals surface area contributed by atoms with Gasteiger partial charge >= 0.3 is 0 Å². The number of methoxy groups -OCH3 is 1. The molecule has 0 aliphatic carbocycles. The highest BCUT2D eigenvalue weighted by molar-refractivity contribution is 5.94. The Morgan fingerprint density at radius 2 is 2.05 bits per heavy atom. The highest BCUT2D eigenvalue weighted by atomic mass is 16.5. The third kappa shape index (κ3) is 4.53. The van der Waals surface area contributed by atoms with Crippen LogP contribution in [-0.2, 0) is 0 Å². The molecule has 4 heteroatoms. The van der Waals surface area contributed by atoms with Crippen LogP contribution in [0.4, 0.5) is 0 Å². The number of aliphatic hydroxyl groups excluding tert-OH is 1. The van der Waals surface area contributed by atoms with Gasteiger partial charge in [-0.1, -0.05) is 26.8 Å². The molecule has 0 unspecified atom stereocenters. The van der Waals surface area contributed by atoms with Crippen LogP contribution in [0.2, 0.25) is 0 Å². The summed E-state index contributed by atoms with van der Waals surface area (Å²) >= 11 is 0. The molecule has 0 spiro atoms. The summed E-state index contributed by atoms with van der Waals surface area (Å²) in [5, 5.41) is 9.54. The van der Waals surface area contributed by atoms with Gasteiger partial charge in [-0.05, 0) is 30.0 Å². The highest BCUT2D eigenvalue weighted by Gasteiger charge is 2.25. The maximum absolute atomic E-state index is 12.5. The van der Waals surface area contributed by atoms with E-state index in [-0.39, 0.29) is 24.0 Å². The minimum absolute atomic E-state index is 0.0382. The maximum atomic E-state index is 12.5. The molecule has 0 aromatic heterocycles. The van der Waals surface area contributed by atoms with Gasteiger partial charge in [0, 0.05) is 12.6 Å². The number of nitrogens with zero attached hydrogens (tertiary/aromatic N) is 1. The van der Waals surface area contributed by atoms with Crippen molar-refractivity contribution in [3.63, 3.8) is 0 Å². The molecule has 0 heterocycles. The van der Waals surface area contributed by atoms with Crippen molar-refractivity contribution >= 4 is 5.91 Å². The van der Waals surface area contributed by atoms with Crippen LogP contribution in [-0.4, -0.2) is 42.7 Å². The Balaban J connectivity index is 2.88. The second-order valence-corrected chi connectivity index (χ2v) is 6.25. The molecule has 1 rings (SSSR count). The molecular weight excluding hydrogens is 254 g/mol. The first kappa shape index (κ1) is 16.5. The Bertz CT molecular complexity index is 451. The van der Waals surface area contributed by atoms with Crippen molar-refractivity contribution < 1.29 is 14.6 Å². The number of hydrogen-bond acceptors (Lipinski definition) is 3. The number of likely N-dealkylation sites (N-methyl/N-ethyl adjacent to an activating group) is 1. The standard InChI is InChI=1S/C16H25NO3/c1-16(2,3)10-13(11-18)17(4)15(19)12-7-6-8-14(9-12)20-5/h6-9,13,18H,10-11H2,1-5H3/t13-/m1/s1. The van der Waals surface area contributed by atoms with Crippen LogP contribution in [0.5, 0.6) is 5.75 Å². The van der Waals surface area contributed by atoms with E-state index in [2.05, 4.69) is 20.8 Å². The lowest BCUT2D eigenvalue weighted by Gasteiger charge is -2.32. The SMILES string of the molecule is COc1cccc(C(=O)N(C)[C@@H](CO)CC(C)(C)C)c1. The van der Waals surface area contributed by atoms with Crippen LogP contribution in [0, 0.1) is 5.41 Å². The topological polar surface area (TPSA) is 49.8 Å². The van der Waals surface area contributed by atoms with Gasteiger partial charge in [0.2, 0.25) is 0 Å². The van der Waals surface area contributed by atoms with Crippen molar-refractivity contribution in [3.05, 3.63) is 29.8 Å². The van der Waals surface area contributed by atoms with Gasteiger partial charge in [-0.2, -0.15) is 0 Å². The fraction of sp³-hybridized carbons (Fsp3) is 0.562. The average Bonchev–Trinajstić information content (AvgIpc) is 2.42. The molecular formula is C16H25NO3. The molecule has 0 saturated carbocycles. The van der Waals surface area contributed by atoms with Gasteiger partial charge in [-0.25, -0.2) is 0 Å². The number of aliphatic hydroxyl groups is 1. The van der Waals surface area contributed by atoms with E-state index in [9.17, 15) is 9.90 Å². The summed E-state index contributed by atoms with van der Waals surface area (Å²) in [4.78, 5) is 14.1. The molecule has 0 aliphatic heterocycles.